The fourth-order valence-corrected chi connectivity index (χ4v) is 2.75. The molecule has 0 spiro atoms. The molecule has 0 unspecified atom stereocenters. The summed E-state index contributed by atoms with van der Waals surface area (Å²) in [5.74, 6) is 1.89. The molecule has 2 heterocycles. The van der Waals surface area contributed by atoms with Crippen molar-refractivity contribution in [2.24, 2.45) is 0 Å². The van der Waals surface area contributed by atoms with E-state index in [1.165, 1.54) is 6.08 Å². The van der Waals surface area contributed by atoms with Crippen LogP contribution in [0.5, 0.6) is 17.2 Å². The number of ether oxygens (including phenoxy) is 3. The number of carbonyl (C=O) groups excluding carboxylic acids is 1. The van der Waals surface area contributed by atoms with Gasteiger partial charge in [0.1, 0.15) is 18.8 Å². The number of methoxy groups -OCH3 is 1. The van der Waals surface area contributed by atoms with Crippen molar-refractivity contribution >= 4 is 22.8 Å². The fraction of sp³-hybridized carbons (Fsp3) is 0.150. The monoisotopic (exact) mass is 336 g/mol. The van der Waals surface area contributed by atoms with E-state index in [9.17, 15) is 4.79 Å². The SMILES string of the molecule is COc1cc(/C=C/C(=O)c2cc3ccccc3o2)cc2c1OCCO2. The summed E-state index contributed by atoms with van der Waals surface area (Å²) in [6, 6.07) is 12.9. The molecule has 0 bridgehead atoms. The third-order valence-corrected chi connectivity index (χ3v) is 3.95. The van der Waals surface area contributed by atoms with Crippen molar-refractivity contribution in [2.75, 3.05) is 20.3 Å². The van der Waals surface area contributed by atoms with E-state index in [1.54, 1.807) is 25.3 Å². The van der Waals surface area contributed by atoms with Crippen LogP contribution in [0, 0.1) is 0 Å². The third kappa shape index (κ3) is 2.96. The minimum Gasteiger partial charge on any atom is -0.493 e. The lowest BCUT2D eigenvalue weighted by Gasteiger charge is -2.20. The van der Waals surface area contributed by atoms with Crippen LogP contribution in [0.25, 0.3) is 17.0 Å². The van der Waals surface area contributed by atoms with Gasteiger partial charge in [-0.2, -0.15) is 0 Å². The van der Waals surface area contributed by atoms with Crippen molar-refractivity contribution < 1.29 is 23.4 Å². The Balaban J connectivity index is 1.61. The van der Waals surface area contributed by atoms with Crippen LogP contribution in [-0.2, 0) is 0 Å². The van der Waals surface area contributed by atoms with Crippen LogP contribution in [0.1, 0.15) is 16.1 Å². The van der Waals surface area contributed by atoms with Gasteiger partial charge in [-0.15, -0.1) is 0 Å². The van der Waals surface area contributed by atoms with Gasteiger partial charge in [0.05, 0.1) is 7.11 Å². The van der Waals surface area contributed by atoms with E-state index in [-0.39, 0.29) is 5.78 Å². The van der Waals surface area contributed by atoms with Gasteiger partial charge in [-0.25, -0.2) is 0 Å². The number of allylic oxidation sites excluding steroid dienone is 1. The number of fused-ring (bicyclic) bond motifs is 2. The molecule has 0 radical (unpaired) electrons. The quantitative estimate of drug-likeness (QED) is 0.530. The highest BCUT2D eigenvalue weighted by Gasteiger charge is 2.18. The Morgan fingerprint density at radius 2 is 1.96 bits per heavy atom. The van der Waals surface area contributed by atoms with Gasteiger partial charge in [-0.05, 0) is 35.9 Å². The second kappa shape index (κ2) is 6.36. The smallest absolute Gasteiger partial charge is 0.221 e. The van der Waals surface area contributed by atoms with E-state index in [2.05, 4.69) is 0 Å². The Morgan fingerprint density at radius 1 is 1.12 bits per heavy atom. The van der Waals surface area contributed by atoms with Gasteiger partial charge in [0, 0.05) is 5.39 Å². The van der Waals surface area contributed by atoms with Crippen LogP contribution < -0.4 is 14.2 Å². The number of hydrogen-bond acceptors (Lipinski definition) is 5. The highest BCUT2D eigenvalue weighted by atomic mass is 16.6. The molecule has 0 N–H and O–H groups in total. The molecule has 2 aromatic carbocycles. The van der Waals surface area contributed by atoms with Crippen molar-refractivity contribution in [1.29, 1.82) is 0 Å². The molecular weight excluding hydrogens is 320 g/mol. The molecule has 3 aromatic rings. The molecule has 1 aromatic heterocycles. The number of furan rings is 1. The van der Waals surface area contributed by atoms with Gasteiger partial charge in [0.2, 0.25) is 11.5 Å². The molecule has 1 aliphatic heterocycles. The van der Waals surface area contributed by atoms with Crippen LogP contribution in [0.4, 0.5) is 0 Å². The number of para-hydroxylation sites is 1. The van der Waals surface area contributed by atoms with Gasteiger partial charge in [0.15, 0.2) is 17.3 Å². The predicted octanol–water partition coefficient (Wildman–Crippen LogP) is 4.11. The summed E-state index contributed by atoms with van der Waals surface area (Å²) in [4.78, 5) is 12.4. The molecule has 126 valence electrons. The molecule has 5 nitrogen and oxygen atoms in total. The van der Waals surface area contributed by atoms with Crippen LogP contribution in [-0.4, -0.2) is 26.1 Å². The zero-order valence-electron chi connectivity index (χ0n) is 13.7. The Bertz CT molecular complexity index is 917. The largest absolute Gasteiger partial charge is 0.493 e. The van der Waals surface area contributed by atoms with E-state index < -0.39 is 0 Å². The standard InChI is InChI=1S/C20H16O5/c1-22-18-10-13(11-19-20(18)24-9-8-23-19)6-7-15(21)17-12-14-4-2-3-5-16(14)25-17/h2-7,10-12H,8-9H2,1H3/b7-6+. The fourth-order valence-electron chi connectivity index (χ4n) is 2.75. The maximum atomic E-state index is 12.4. The van der Waals surface area contributed by atoms with Crippen molar-refractivity contribution in [1.82, 2.24) is 0 Å². The molecule has 4 rings (SSSR count). The van der Waals surface area contributed by atoms with Crippen molar-refractivity contribution in [3.05, 3.63) is 59.9 Å². The normalized spacial score (nSPS) is 13.3. The summed E-state index contributed by atoms with van der Waals surface area (Å²) in [5, 5.41) is 0.903. The molecule has 0 amide bonds. The Kier molecular flexibility index (Phi) is 3.90. The molecule has 0 atom stereocenters. The summed E-state index contributed by atoms with van der Waals surface area (Å²) in [6.07, 6.45) is 3.18. The first-order valence-electron chi connectivity index (χ1n) is 7.93. The number of ketones is 1. The second-order valence-electron chi connectivity index (χ2n) is 5.59. The van der Waals surface area contributed by atoms with E-state index in [0.29, 0.717) is 41.8 Å². The summed E-state index contributed by atoms with van der Waals surface area (Å²) in [7, 11) is 1.57. The minimum atomic E-state index is -0.204. The first-order chi connectivity index (χ1) is 12.2. The third-order valence-electron chi connectivity index (χ3n) is 3.95. The zero-order chi connectivity index (χ0) is 17.2. The maximum absolute atomic E-state index is 12.4. The maximum Gasteiger partial charge on any atom is 0.221 e. The minimum absolute atomic E-state index is 0.204. The lowest BCUT2D eigenvalue weighted by atomic mass is 10.1. The molecule has 0 aliphatic carbocycles. The topological polar surface area (TPSA) is 57.9 Å². The molecular formula is C20H16O5. The van der Waals surface area contributed by atoms with E-state index >= 15 is 0 Å². The lowest BCUT2D eigenvalue weighted by Crippen LogP contribution is -2.16. The van der Waals surface area contributed by atoms with Gasteiger partial charge < -0.3 is 18.6 Å². The van der Waals surface area contributed by atoms with E-state index in [0.717, 1.165) is 10.9 Å². The summed E-state index contributed by atoms with van der Waals surface area (Å²) in [6.45, 7) is 0.977. The van der Waals surface area contributed by atoms with Crippen LogP contribution in [0.2, 0.25) is 0 Å². The Hall–Kier alpha value is -3.21. The van der Waals surface area contributed by atoms with Gasteiger partial charge in [-0.1, -0.05) is 24.3 Å². The zero-order valence-corrected chi connectivity index (χ0v) is 13.7. The van der Waals surface area contributed by atoms with E-state index in [1.807, 2.05) is 30.3 Å². The Morgan fingerprint density at radius 3 is 2.80 bits per heavy atom. The van der Waals surface area contributed by atoms with Crippen molar-refractivity contribution in [3.8, 4) is 17.2 Å². The predicted molar refractivity (Wildman–Crippen MR) is 93.6 cm³/mol. The number of hydrogen-bond donors (Lipinski definition) is 0. The van der Waals surface area contributed by atoms with E-state index in [4.69, 9.17) is 18.6 Å². The summed E-state index contributed by atoms with van der Waals surface area (Å²) in [5.41, 5.74) is 1.48. The van der Waals surface area contributed by atoms with Crippen molar-refractivity contribution in [2.45, 2.75) is 0 Å². The molecule has 0 saturated heterocycles. The van der Waals surface area contributed by atoms with Crippen LogP contribution >= 0.6 is 0 Å². The number of rotatable bonds is 4. The average molecular weight is 336 g/mol. The number of benzene rings is 2. The summed E-state index contributed by atoms with van der Waals surface area (Å²) >= 11 is 0. The lowest BCUT2D eigenvalue weighted by molar-refractivity contribution is 0.102. The van der Waals surface area contributed by atoms with Crippen LogP contribution in [0.15, 0.2) is 53.0 Å². The van der Waals surface area contributed by atoms with Gasteiger partial charge >= 0.3 is 0 Å². The second-order valence-corrected chi connectivity index (χ2v) is 5.59. The first kappa shape index (κ1) is 15.3. The highest BCUT2D eigenvalue weighted by Crippen LogP contribution is 2.40. The Labute approximate surface area is 144 Å². The van der Waals surface area contributed by atoms with Gasteiger partial charge in [-0.3, -0.25) is 4.79 Å². The number of carbonyl (C=O) groups is 1. The molecule has 0 saturated carbocycles. The summed E-state index contributed by atoms with van der Waals surface area (Å²) < 4.78 is 22.1. The molecule has 1 aliphatic rings. The average Bonchev–Trinajstić information content (AvgIpc) is 3.09. The first-order valence-corrected chi connectivity index (χ1v) is 7.93. The molecule has 25 heavy (non-hydrogen) atoms. The van der Waals surface area contributed by atoms with Gasteiger partial charge in [0.25, 0.3) is 0 Å². The van der Waals surface area contributed by atoms with Crippen molar-refractivity contribution in [3.63, 3.8) is 0 Å². The van der Waals surface area contributed by atoms with Crippen LogP contribution in [0.3, 0.4) is 0 Å². The molecule has 5 heteroatoms. The molecule has 0 fully saturated rings. The highest BCUT2D eigenvalue weighted by molar-refractivity contribution is 6.07.